The Hall–Kier alpha value is -0.590. The predicted octanol–water partition coefficient (Wildman–Crippen LogP) is 1.17. The molecule has 0 atom stereocenters. The molecular weight excluding hydrogens is 218 g/mol. The number of aromatic nitrogens is 1. The second kappa shape index (κ2) is 4.29. The highest BCUT2D eigenvalue weighted by Gasteiger charge is 2.18. The van der Waals surface area contributed by atoms with Crippen molar-refractivity contribution in [1.82, 2.24) is 15.4 Å². The average Bonchev–Trinajstić information content (AvgIpc) is 2.75. The van der Waals surface area contributed by atoms with E-state index in [-0.39, 0.29) is 5.91 Å². The van der Waals surface area contributed by atoms with Gasteiger partial charge in [0.25, 0.3) is 5.91 Å². The number of carbonyl (C=O) groups is 1. The second-order valence-corrected chi connectivity index (χ2v) is 4.75. The maximum Gasteiger partial charge on any atom is 0.286 e. The van der Waals surface area contributed by atoms with Gasteiger partial charge < -0.3 is 0 Å². The SMILES string of the molecule is O=C(NN1CCCC1)c1ncsc1S. The number of nitrogens with one attached hydrogen (secondary N) is 1. The van der Waals surface area contributed by atoms with Crippen LogP contribution in [-0.4, -0.2) is 29.0 Å². The molecular formula is C8H11N3OS2. The minimum atomic E-state index is -0.154. The van der Waals surface area contributed by atoms with Gasteiger partial charge in [0.1, 0.15) is 0 Å². The van der Waals surface area contributed by atoms with E-state index >= 15 is 0 Å². The molecule has 2 heterocycles. The Bertz CT molecular complexity index is 333. The fourth-order valence-electron chi connectivity index (χ4n) is 1.42. The van der Waals surface area contributed by atoms with Gasteiger partial charge in [0.2, 0.25) is 0 Å². The van der Waals surface area contributed by atoms with Gasteiger partial charge in [0.15, 0.2) is 5.69 Å². The minimum absolute atomic E-state index is 0.154. The Morgan fingerprint density at radius 2 is 2.29 bits per heavy atom. The zero-order valence-electron chi connectivity index (χ0n) is 7.56. The van der Waals surface area contributed by atoms with Crippen molar-refractivity contribution in [2.75, 3.05) is 13.1 Å². The van der Waals surface area contributed by atoms with Crippen LogP contribution in [0.15, 0.2) is 9.72 Å². The first-order valence-electron chi connectivity index (χ1n) is 4.46. The van der Waals surface area contributed by atoms with Crippen LogP contribution in [0.3, 0.4) is 0 Å². The molecule has 0 saturated carbocycles. The van der Waals surface area contributed by atoms with Crippen molar-refractivity contribution in [2.45, 2.75) is 17.1 Å². The quantitative estimate of drug-likeness (QED) is 0.748. The molecule has 0 bridgehead atoms. The van der Waals surface area contributed by atoms with E-state index in [1.165, 1.54) is 11.3 Å². The summed E-state index contributed by atoms with van der Waals surface area (Å²) in [7, 11) is 0. The number of hydrogen-bond acceptors (Lipinski definition) is 5. The highest BCUT2D eigenvalue weighted by Crippen LogP contribution is 2.17. The molecule has 2 rings (SSSR count). The molecule has 14 heavy (non-hydrogen) atoms. The molecule has 1 aromatic rings. The summed E-state index contributed by atoms with van der Waals surface area (Å²) in [4.78, 5) is 15.6. The van der Waals surface area contributed by atoms with E-state index in [1.807, 2.05) is 5.01 Å². The maximum atomic E-state index is 11.6. The predicted molar refractivity (Wildman–Crippen MR) is 57.6 cm³/mol. The molecule has 0 aliphatic carbocycles. The second-order valence-electron chi connectivity index (χ2n) is 3.14. The fraction of sp³-hybridized carbons (Fsp3) is 0.500. The van der Waals surface area contributed by atoms with Crippen LogP contribution in [0.2, 0.25) is 0 Å². The van der Waals surface area contributed by atoms with E-state index in [2.05, 4.69) is 23.0 Å². The molecule has 1 N–H and O–H groups in total. The van der Waals surface area contributed by atoms with Crippen LogP contribution in [0.5, 0.6) is 0 Å². The standard InChI is InChI=1S/C8H11N3OS2/c12-7(6-8(13)14-5-9-6)10-11-3-1-2-4-11/h5,13H,1-4H2,(H,10,12). The summed E-state index contributed by atoms with van der Waals surface area (Å²) in [5.41, 5.74) is 4.86. The molecule has 1 aliphatic heterocycles. The molecule has 0 unspecified atom stereocenters. The van der Waals surface area contributed by atoms with Crippen LogP contribution >= 0.6 is 24.0 Å². The van der Waals surface area contributed by atoms with Gasteiger partial charge in [-0.1, -0.05) is 0 Å². The number of amides is 1. The number of thiol groups is 1. The number of rotatable bonds is 2. The first-order chi connectivity index (χ1) is 6.77. The van der Waals surface area contributed by atoms with Crippen LogP contribution in [0, 0.1) is 0 Å². The normalized spacial score (nSPS) is 17.2. The van der Waals surface area contributed by atoms with Crippen LogP contribution in [0.4, 0.5) is 0 Å². The molecule has 6 heteroatoms. The summed E-state index contributed by atoms with van der Waals surface area (Å²) in [6.45, 7) is 1.86. The molecule has 1 amide bonds. The minimum Gasteiger partial charge on any atom is -0.283 e. The zero-order valence-corrected chi connectivity index (χ0v) is 9.27. The molecule has 1 fully saturated rings. The molecule has 4 nitrogen and oxygen atoms in total. The average molecular weight is 229 g/mol. The van der Waals surface area contributed by atoms with Gasteiger partial charge in [0.05, 0.1) is 9.72 Å². The Balaban J connectivity index is 1.98. The van der Waals surface area contributed by atoms with E-state index in [1.54, 1.807) is 5.51 Å². The van der Waals surface area contributed by atoms with Crippen molar-refractivity contribution in [3.63, 3.8) is 0 Å². The lowest BCUT2D eigenvalue weighted by atomic mass is 10.4. The lowest BCUT2D eigenvalue weighted by Crippen LogP contribution is -2.40. The van der Waals surface area contributed by atoms with Crippen molar-refractivity contribution in [2.24, 2.45) is 0 Å². The Kier molecular flexibility index (Phi) is 3.05. The van der Waals surface area contributed by atoms with E-state index in [0.717, 1.165) is 25.9 Å². The van der Waals surface area contributed by atoms with Gasteiger partial charge in [-0.25, -0.2) is 9.99 Å². The largest absolute Gasteiger partial charge is 0.286 e. The van der Waals surface area contributed by atoms with Crippen LogP contribution in [0.25, 0.3) is 0 Å². The van der Waals surface area contributed by atoms with Crippen LogP contribution in [0.1, 0.15) is 23.3 Å². The number of nitrogens with zero attached hydrogens (tertiary/aromatic N) is 2. The fourth-order valence-corrected chi connectivity index (χ4v) is 2.24. The maximum absolute atomic E-state index is 11.6. The number of carbonyl (C=O) groups excluding carboxylic acids is 1. The van der Waals surface area contributed by atoms with Crippen LogP contribution in [-0.2, 0) is 0 Å². The molecule has 1 aromatic heterocycles. The van der Waals surface area contributed by atoms with Gasteiger partial charge in [-0.05, 0) is 12.8 Å². The van der Waals surface area contributed by atoms with Gasteiger partial charge in [-0.3, -0.25) is 10.2 Å². The topological polar surface area (TPSA) is 45.2 Å². The molecule has 1 aliphatic rings. The number of thiazole rings is 1. The van der Waals surface area contributed by atoms with Crippen molar-refractivity contribution in [3.8, 4) is 0 Å². The first-order valence-corrected chi connectivity index (χ1v) is 5.78. The van der Waals surface area contributed by atoms with E-state index in [0.29, 0.717) is 9.90 Å². The summed E-state index contributed by atoms with van der Waals surface area (Å²) in [5.74, 6) is -0.154. The highest BCUT2D eigenvalue weighted by atomic mass is 32.2. The van der Waals surface area contributed by atoms with Gasteiger partial charge in [0, 0.05) is 13.1 Å². The lowest BCUT2D eigenvalue weighted by molar-refractivity contribution is 0.0818. The highest BCUT2D eigenvalue weighted by molar-refractivity contribution is 7.82. The van der Waals surface area contributed by atoms with Gasteiger partial charge in [-0.15, -0.1) is 24.0 Å². The van der Waals surface area contributed by atoms with Crippen molar-refractivity contribution in [3.05, 3.63) is 11.2 Å². The third kappa shape index (κ3) is 2.08. The Morgan fingerprint density at radius 3 is 2.86 bits per heavy atom. The Morgan fingerprint density at radius 1 is 1.57 bits per heavy atom. The van der Waals surface area contributed by atoms with E-state index < -0.39 is 0 Å². The molecule has 0 aromatic carbocycles. The summed E-state index contributed by atoms with van der Waals surface area (Å²) in [5, 5.41) is 1.93. The molecule has 0 spiro atoms. The Labute approximate surface area is 91.7 Å². The van der Waals surface area contributed by atoms with Gasteiger partial charge >= 0.3 is 0 Å². The van der Waals surface area contributed by atoms with Crippen molar-refractivity contribution in [1.29, 1.82) is 0 Å². The van der Waals surface area contributed by atoms with E-state index in [9.17, 15) is 4.79 Å². The summed E-state index contributed by atoms with van der Waals surface area (Å²) >= 11 is 5.53. The zero-order chi connectivity index (χ0) is 9.97. The van der Waals surface area contributed by atoms with Crippen molar-refractivity contribution >= 4 is 29.9 Å². The summed E-state index contributed by atoms with van der Waals surface area (Å²) in [6.07, 6.45) is 2.29. The smallest absolute Gasteiger partial charge is 0.283 e. The van der Waals surface area contributed by atoms with Gasteiger partial charge in [-0.2, -0.15) is 0 Å². The monoisotopic (exact) mass is 229 g/mol. The summed E-state index contributed by atoms with van der Waals surface area (Å²) in [6, 6.07) is 0. The van der Waals surface area contributed by atoms with Crippen LogP contribution < -0.4 is 5.43 Å². The lowest BCUT2D eigenvalue weighted by Gasteiger charge is -2.15. The first kappa shape index (κ1) is 9.95. The molecule has 0 radical (unpaired) electrons. The van der Waals surface area contributed by atoms with E-state index in [4.69, 9.17) is 0 Å². The molecule has 1 saturated heterocycles. The number of hydrogen-bond donors (Lipinski definition) is 2. The summed E-state index contributed by atoms with van der Waals surface area (Å²) < 4.78 is 0.668. The third-order valence-electron chi connectivity index (χ3n) is 2.13. The number of hydrazine groups is 1. The molecule has 76 valence electrons. The third-order valence-corrected chi connectivity index (χ3v) is 3.28. The van der Waals surface area contributed by atoms with Crippen molar-refractivity contribution < 1.29 is 4.79 Å².